The molecule has 20 heavy (non-hydrogen) atoms. The van der Waals surface area contributed by atoms with Gasteiger partial charge in [-0.05, 0) is 24.6 Å². The number of hydrogen-bond acceptors (Lipinski definition) is 4. The third-order valence-corrected chi connectivity index (χ3v) is 3.79. The molecule has 2 aromatic rings. The maximum Gasteiger partial charge on any atom is 0.573 e. The average molecular weight is 302 g/mol. The second kappa shape index (κ2) is 5.80. The van der Waals surface area contributed by atoms with E-state index in [0.717, 1.165) is 21.1 Å². The normalized spacial score (nSPS) is 11.7. The van der Waals surface area contributed by atoms with Gasteiger partial charge in [-0.25, -0.2) is 4.98 Å². The number of aromatic nitrogens is 1. The quantitative estimate of drug-likeness (QED) is 0.941. The standard InChI is InChI=1S/C13H13F3N2OS/c1-8-11(20-12(7-17)18-8)6-9-3-2-4-10(5-9)19-13(14,15)16/h2-5H,6-7,17H2,1H3. The second-order valence-electron chi connectivity index (χ2n) is 4.19. The molecule has 1 aromatic heterocycles. The molecule has 1 heterocycles. The maximum atomic E-state index is 12.2. The van der Waals surface area contributed by atoms with Crippen LogP contribution in [0, 0.1) is 6.92 Å². The van der Waals surface area contributed by atoms with Crippen molar-refractivity contribution < 1.29 is 17.9 Å². The van der Waals surface area contributed by atoms with Gasteiger partial charge in [0.05, 0.1) is 5.69 Å². The van der Waals surface area contributed by atoms with Gasteiger partial charge in [0.25, 0.3) is 0 Å². The first-order chi connectivity index (χ1) is 9.37. The fourth-order valence-electron chi connectivity index (χ4n) is 1.78. The van der Waals surface area contributed by atoms with Gasteiger partial charge in [0.1, 0.15) is 10.8 Å². The molecule has 0 unspecified atom stereocenters. The Morgan fingerprint density at radius 3 is 2.70 bits per heavy atom. The van der Waals surface area contributed by atoms with Crippen molar-refractivity contribution in [1.29, 1.82) is 0 Å². The lowest BCUT2D eigenvalue weighted by Crippen LogP contribution is -2.17. The van der Waals surface area contributed by atoms with Crippen LogP contribution in [0.15, 0.2) is 24.3 Å². The van der Waals surface area contributed by atoms with Crippen molar-refractivity contribution in [1.82, 2.24) is 4.98 Å². The Morgan fingerprint density at radius 1 is 1.35 bits per heavy atom. The molecule has 0 spiro atoms. The summed E-state index contributed by atoms with van der Waals surface area (Å²) in [7, 11) is 0. The number of thiazole rings is 1. The number of hydrogen-bond donors (Lipinski definition) is 1. The smallest absolute Gasteiger partial charge is 0.406 e. The minimum absolute atomic E-state index is 0.212. The lowest BCUT2D eigenvalue weighted by molar-refractivity contribution is -0.274. The molecule has 0 aliphatic carbocycles. The molecular weight excluding hydrogens is 289 g/mol. The largest absolute Gasteiger partial charge is 0.573 e. The third-order valence-electron chi connectivity index (χ3n) is 2.61. The molecule has 0 fully saturated rings. The molecule has 0 amide bonds. The average Bonchev–Trinajstić information content (AvgIpc) is 2.68. The van der Waals surface area contributed by atoms with Crippen LogP contribution < -0.4 is 10.5 Å². The SMILES string of the molecule is Cc1nc(CN)sc1Cc1cccc(OC(F)(F)F)c1. The lowest BCUT2D eigenvalue weighted by atomic mass is 10.1. The highest BCUT2D eigenvalue weighted by molar-refractivity contribution is 7.11. The van der Waals surface area contributed by atoms with Crippen LogP contribution in [0.4, 0.5) is 13.2 Å². The third kappa shape index (κ3) is 3.94. The Morgan fingerprint density at radius 2 is 2.10 bits per heavy atom. The fraction of sp³-hybridized carbons (Fsp3) is 0.308. The second-order valence-corrected chi connectivity index (χ2v) is 5.36. The van der Waals surface area contributed by atoms with Crippen molar-refractivity contribution in [3.8, 4) is 5.75 Å². The van der Waals surface area contributed by atoms with E-state index >= 15 is 0 Å². The van der Waals surface area contributed by atoms with Crippen LogP contribution in [0.25, 0.3) is 0 Å². The van der Waals surface area contributed by atoms with Gasteiger partial charge in [-0.2, -0.15) is 0 Å². The first kappa shape index (κ1) is 14.8. The molecule has 3 nitrogen and oxygen atoms in total. The van der Waals surface area contributed by atoms with Gasteiger partial charge in [0.15, 0.2) is 0 Å². The minimum atomic E-state index is -4.67. The highest BCUT2D eigenvalue weighted by atomic mass is 32.1. The van der Waals surface area contributed by atoms with E-state index in [2.05, 4.69) is 9.72 Å². The van der Waals surface area contributed by atoms with E-state index in [-0.39, 0.29) is 5.75 Å². The number of nitrogens with zero attached hydrogens (tertiary/aromatic N) is 1. The van der Waals surface area contributed by atoms with E-state index in [1.54, 1.807) is 6.07 Å². The van der Waals surface area contributed by atoms with E-state index in [4.69, 9.17) is 5.73 Å². The summed E-state index contributed by atoms with van der Waals surface area (Å²) in [6.07, 6.45) is -4.16. The van der Waals surface area contributed by atoms with Crippen LogP contribution in [0.5, 0.6) is 5.75 Å². The summed E-state index contributed by atoms with van der Waals surface area (Å²) < 4.78 is 40.4. The van der Waals surface area contributed by atoms with Gasteiger partial charge in [0.2, 0.25) is 0 Å². The van der Waals surface area contributed by atoms with Gasteiger partial charge < -0.3 is 10.5 Å². The van der Waals surface area contributed by atoms with Gasteiger partial charge in [-0.3, -0.25) is 0 Å². The van der Waals surface area contributed by atoms with E-state index in [9.17, 15) is 13.2 Å². The zero-order valence-corrected chi connectivity index (χ0v) is 11.5. The summed E-state index contributed by atoms with van der Waals surface area (Å²) in [5, 5.41) is 0.820. The topological polar surface area (TPSA) is 48.1 Å². The summed E-state index contributed by atoms with van der Waals surface area (Å²) in [4.78, 5) is 5.28. The number of rotatable bonds is 4. The molecule has 0 radical (unpaired) electrons. The van der Waals surface area contributed by atoms with E-state index in [0.29, 0.717) is 13.0 Å². The Labute approximate surface area is 118 Å². The van der Waals surface area contributed by atoms with Crippen LogP contribution in [0.3, 0.4) is 0 Å². The molecule has 2 N–H and O–H groups in total. The first-order valence-corrected chi connectivity index (χ1v) is 6.69. The van der Waals surface area contributed by atoms with Gasteiger partial charge in [0, 0.05) is 17.8 Å². The van der Waals surface area contributed by atoms with Crippen LogP contribution in [0.2, 0.25) is 0 Å². The maximum absolute atomic E-state index is 12.2. The number of halogens is 3. The van der Waals surface area contributed by atoms with Crippen molar-refractivity contribution in [2.24, 2.45) is 5.73 Å². The number of aryl methyl sites for hydroxylation is 1. The molecule has 0 saturated heterocycles. The Balaban J connectivity index is 2.17. The predicted octanol–water partition coefficient (Wildman–Crippen LogP) is 3.40. The molecule has 0 saturated carbocycles. The van der Waals surface area contributed by atoms with Gasteiger partial charge >= 0.3 is 6.36 Å². The monoisotopic (exact) mass is 302 g/mol. The Hall–Kier alpha value is -1.60. The van der Waals surface area contributed by atoms with Crippen LogP contribution in [-0.2, 0) is 13.0 Å². The zero-order valence-electron chi connectivity index (χ0n) is 10.7. The highest BCUT2D eigenvalue weighted by Gasteiger charge is 2.31. The van der Waals surface area contributed by atoms with Crippen molar-refractivity contribution >= 4 is 11.3 Å². The lowest BCUT2D eigenvalue weighted by Gasteiger charge is -2.09. The number of alkyl halides is 3. The number of benzene rings is 1. The van der Waals surface area contributed by atoms with Crippen LogP contribution in [0.1, 0.15) is 21.1 Å². The number of ether oxygens (including phenoxy) is 1. The minimum Gasteiger partial charge on any atom is -0.406 e. The molecule has 1 aromatic carbocycles. The highest BCUT2D eigenvalue weighted by Crippen LogP contribution is 2.26. The van der Waals surface area contributed by atoms with E-state index < -0.39 is 6.36 Å². The van der Waals surface area contributed by atoms with Crippen LogP contribution >= 0.6 is 11.3 Å². The number of nitrogens with two attached hydrogens (primary N) is 1. The van der Waals surface area contributed by atoms with Crippen molar-refractivity contribution in [3.63, 3.8) is 0 Å². The fourth-order valence-corrected chi connectivity index (χ4v) is 2.76. The molecule has 0 atom stereocenters. The van der Waals surface area contributed by atoms with Crippen LogP contribution in [-0.4, -0.2) is 11.3 Å². The Bertz CT molecular complexity index is 596. The summed E-state index contributed by atoms with van der Waals surface area (Å²) in [6.45, 7) is 2.23. The van der Waals surface area contributed by atoms with Crippen molar-refractivity contribution in [3.05, 3.63) is 45.4 Å². The molecule has 0 aliphatic rings. The van der Waals surface area contributed by atoms with Crippen molar-refractivity contribution in [2.45, 2.75) is 26.3 Å². The van der Waals surface area contributed by atoms with Crippen molar-refractivity contribution in [2.75, 3.05) is 0 Å². The summed E-state index contributed by atoms with van der Waals surface area (Å²) >= 11 is 1.47. The van der Waals surface area contributed by atoms with Gasteiger partial charge in [-0.15, -0.1) is 24.5 Å². The van der Waals surface area contributed by atoms with E-state index in [1.807, 2.05) is 6.92 Å². The molecule has 0 bridgehead atoms. The molecular formula is C13H13F3N2OS. The molecule has 108 valence electrons. The molecule has 0 aliphatic heterocycles. The summed E-state index contributed by atoms with van der Waals surface area (Å²) in [5.74, 6) is -0.212. The zero-order chi connectivity index (χ0) is 14.8. The molecule has 7 heteroatoms. The summed E-state index contributed by atoms with van der Waals surface area (Å²) in [6, 6.07) is 5.96. The first-order valence-electron chi connectivity index (χ1n) is 5.87. The van der Waals surface area contributed by atoms with Gasteiger partial charge in [-0.1, -0.05) is 12.1 Å². The predicted molar refractivity (Wildman–Crippen MR) is 70.7 cm³/mol. The van der Waals surface area contributed by atoms with E-state index in [1.165, 1.54) is 29.5 Å². The Kier molecular flexibility index (Phi) is 4.29. The summed E-state index contributed by atoms with van der Waals surface area (Å²) in [5.41, 5.74) is 7.12. The molecule has 2 rings (SSSR count).